The van der Waals surface area contributed by atoms with E-state index in [0.29, 0.717) is 11.4 Å². The predicted octanol–water partition coefficient (Wildman–Crippen LogP) is 2.24. The Hall–Kier alpha value is -1.36. The quantitative estimate of drug-likeness (QED) is 0.859. The van der Waals surface area contributed by atoms with Gasteiger partial charge < -0.3 is 4.90 Å². The monoisotopic (exact) mass is 295 g/mol. The highest BCUT2D eigenvalue weighted by atomic mass is 32.2. The van der Waals surface area contributed by atoms with Gasteiger partial charge in [-0.25, -0.2) is 8.42 Å². The summed E-state index contributed by atoms with van der Waals surface area (Å²) in [6, 6.07) is 6.80. The van der Waals surface area contributed by atoms with Crippen LogP contribution in [-0.2, 0) is 21.2 Å². The lowest BCUT2D eigenvalue weighted by molar-refractivity contribution is -0.134. The summed E-state index contributed by atoms with van der Waals surface area (Å²) in [6.07, 6.45) is 4.29. The zero-order chi connectivity index (χ0) is 14.8. The van der Waals surface area contributed by atoms with Gasteiger partial charge in [-0.2, -0.15) is 0 Å². The average molecular weight is 295 g/mol. The molecular formula is C15H21NO3S. The highest BCUT2D eigenvalue weighted by Crippen LogP contribution is 2.20. The van der Waals surface area contributed by atoms with Crippen molar-refractivity contribution in [3.8, 4) is 0 Å². The van der Waals surface area contributed by atoms with Gasteiger partial charge in [0.15, 0.2) is 9.84 Å². The lowest BCUT2D eigenvalue weighted by Gasteiger charge is -2.23. The lowest BCUT2D eigenvalue weighted by Crippen LogP contribution is -2.33. The molecule has 0 bridgehead atoms. The molecule has 1 aromatic rings. The van der Waals surface area contributed by atoms with E-state index >= 15 is 0 Å². The first-order valence-corrected chi connectivity index (χ1v) is 8.85. The SMILES string of the molecule is CC1CCCCN(Cc2ccc(S(C)(=O)=O)cc2)C1=O. The van der Waals surface area contributed by atoms with Crippen LogP contribution in [0, 0.1) is 5.92 Å². The molecule has 1 aliphatic rings. The molecule has 20 heavy (non-hydrogen) atoms. The van der Waals surface area contributed by atoms with Gasteiger partial charge in [0.05, 0.1) is 4.90 Å². The number of amides is 1. The number of carbonyl (C=O) groups excluding carboxylic acids is 1. The third-order valence-corrected chi connectivity index (χ3v) is 4.90. The van der Waals surface area contributed by atoms with E-state index in [-0.39, 0.29) is 11.8 Å². The van der Waals surface area contributed by atoms with Crippen LogP contribution in [-0.4, -0.2) is 32.0 Å². The van der Waals surface area contributed by atoms with Crippen molar-refractivity contribution in [3.05, 3.63) is 29.8 Å². The van der Waals surface area contributed by atoms with Gasteiger partial charge in [-0.1, -0.05) is 25.5 Å². The molecule has 1 aromatic carbocycles. The molecule has 0 spiro atoms. The van der Waals surface area contributed by atoms with E-state index in [0.717, 1.165) is 31.4 Å². The van der Waals surface area contributed by atoms with Crippen molar-refractivity contribution < 1.29 is 13.2 Å². The van der Waals surface area contributed by atoms with Crippen molar-refractivity contribution >= 4 is 15.7 Å². The zero-order valence-electron chi connectivity index (χ0n) is 12.0. The topological polar surface area (TPSA) is 54.5 Å². The first kappa shape index (κ1) is 15.0. The summed E-state index contributed by atoms with van der Waals surface area (Å²) in [5, 5.41) is 0. The third kappa shape index (κ3) is 3.60. The maximum absolute atomic E-state index is 12.2. The molecule has 1 unspecified atom stereocenters. The van der Waals surface area contributed by atoms with E-state index in [1.807, 2.05) is 11.8 Å². The fourth-order valence-corrected chi connectivity index (χ4v) is 3.15. The largest absolute Gasteiger partial charge is 0.338 e. The van der Waals surface area contributed by atoms with E-state index in [1.54, 1.807) is 24.3 Å². The van der Waals surface area contributed by atoms with Crippen molar-refractivity contribution in [2.24, 2.45) is 5.92 Å². The van der Waals surface area contributed by atoms with E-state index < -0.39 is 9.84 Å². The van der Waals surface area contributed by atoms with Crippen LogP contribution in [0.2, 0.25) is 0 Å². The van der Waals surface area contributed by atoms with Crippen molar-refractivity contribution in [2.45, 2.75) is 37.6 Å². The second-order valence-electron chi connectivity index (χ2n) is 5.57. The molecule has 1 aliphatic heterocycles. The minimum Gasteiger partial charge on any atom is -0.338 e. The van der Waals surface area contributed by atoms with Gasteiger partial charge in [0.1, 0.15) is 0 Å². The van der Waals surface area contributed by atoms with E-state index in [4.69, 9.17) is 0 Å². The van der Waals surface area contributed by atoms with E-state index in [2.05, 4.69) is 0 Å². The molecule has 2 rings (SSSR count). The zero-order valence-corrected chi connectivity index (χ0v) is 12.8. The molecule has 4 nitrogen and oxygen atoms in total. The molecule has 0 aliphatic carbocycles. The number of hydrogen-bond acceptors (Lipinski definition) is 3. The summed E-state index contributed by atoms with van der Waals surface area (Å²) in [5.41, 5.74) is 0.972. The summed E-state index contributed by atoms with van der Waals surface area (Å²) in [4.78, 5) is 14.4. The highest BCUT2D eigenvalue weighted by Gasteiger charge is 2.23. The normalized spacial score (nSPS) is 20.8. The van der Waals surface area contributed by atoms with Crippen molar-refractivity contribution in [2.75, 3.05) is 12.8 Å². The molecule has 0 saturated carbocycles. The summed E-state index contributed by atoms with van der Waals surface area (Å²) in [7, 11) is -3.16. The molecule has 0 radical (unpaired) electrons. The van der Waals surface area contributed by atoms with E-state index in [1.165, 1.54) is 6.26 Å². The van der Waals surface area contributed by atoms with Crippen LogP contribution < -0.4 is 0 Å². The molecule has 1 fully saturated rings. The summed E-state index contributed by atoms with van der Waals surface area (Å²) in [6.45, 7) is 3.33. The smallest absolute Gasteiger partial charge is 0.225 e. The van der Waals surface area contributed by atoms with Crippen LogP contribution in [0.4, 0.5) is 0 Å². The standard InChI is InChI=1S/C15H21NO3S/c1-12-5-3-4-10-16(15(12)17)11-13-6-8-14(9-7-13)20(2,18)19/h6-9,12H,3-5,10-11H2,1-2H3. The maximum atomic E-state index is 12.2. The molecule has 5 heteroatoms. The minimum absolute atomic E-state index is 0.0905. The van der Waals surface area contributed by atoms with Crippen LogP contribution >= 0.6 is 0 Å². The summed E-state index contributed by atoms with van der Waals surface area (Å²) >= 11 is 0. The van der Waals surface area contributed by atoms with Crippen LogP contribution in [0.5, 0.6) is 0 Å². The molecule has 110 valence electrons. The summed E-state index contributed by atoms with van der Waals surface area (Å²) < 4.78 is 22.8. The van der Waals surface area contributed by atoms with Gasteiger partial charge in [0.25, 0.3) is 0 Å². The Bertz CT molecular complexity index is 578. The van der Waals surface area contributed by atoms with Crippen molar-refractivity contribution in [3.63, 3.8) is 0 Å². The molecule has 1 amide bonds. The molecule has 1 atom stereocenters. The second-order valence-corrected chi connectivity index (χ2v) is 7.59. The fourth-order valence-electron chi connectivity index (χ4n) is 2.52. The van der Waals surface area contributed by atoms with Crippen LogP contribution in [0.1, 0.15) is 31.7 Å². The van der Waals surface area contributed by atoms with Crippen LogP contribution in [0.15, 0.2) is 29.2 Å². The van der Waals surface area contributed by atoms with E-state index in [9.17, 15) is 13.2 Å². The Morgan fingerprint density at radius 2 is 1.85 bits per heavy atom. The number of sulfone groups is 1. The minimum atomic E-state index is -3.16. The second kappa shape index (κ2) is 5.95. The van der Waals surface area contributed by atoms with Gasteiger partial charge >= 0.3 is 0 Å². The average Bonchev–Trinajstić information content (AvgIpc) is 2.54. The van der Waals surface area contributed by atoms with Gasteiger partial charge in [0, 0.05) is 25.3 Å². The number of rotatable bonds is 3. The number of nitrogens with zero attached hydrogens (tertiary/aromatic N) is 1. The molecule has 0 N–H and O–H groups in total. The highest BCUT2D eigenvalue weighted by molar-refractivity contribution is 7.90. The van der Waals surface area contributed by atoms with Crippen LogP contribution in [0.3, 0.4) is 0 Å². The van der Waals surface area contributed by atoms with Crippen molar-refractivity contribution in [1.29, 1.82) is 0 Å². The third-order valence-electron chi connectivity index (χ3n) is 3.77. The molecule has 1 saturated heterocycles. The Morgan fingerprint density at radius 1 is 1.20 bits per heavy atom. The number of likely N-dealkylation sites (tertiary alicyclic amines) is 1. The van der Waals surface area contributed by atoms with Gasteiger partial charge in [-0.15, -0.1) is 0 Å². The predicted molar refractivity (Wildman–Crippen MR) is 78.0 cm³/mol. The number of hydrogen-bond donors (Lipinski definition) is 0. The molecule has 0 aromatic heterocycles. The number of carbonyl (C=O) groups is 1. The first-order valence-electron chi connectivity index (χ1n) is 6.96. The molecular weight excluding hydrogens is 274 g/mol. The van der Waals surface area contributed by atoms with Crippen LogP contribution in [0.25, 0.3) is 0 Å². The Kier molecular flexibility index (Phi) is 4.48. The van der Waals surface area contributed by atoms with Gasteiger partial charge in [-0.05, 0) is 30.5 Å². The molecule has 1 heterocycles. The first-order chi connectivity index (χ1) is 9.38. The van der Waals surface area contributed by atoms with Crippen molar-refractivity contribution in [1.82, 2.24) is 4.90 Å². The number of benzene rings is 1. The maximum Gasteiger partial charge on any atom is 0.225 e. The fraction of sp³-hybridized carbons (Fsp3) is 0.533. The Balaban J connectivity index is 2.11. The lowest BCUT2D eigenvalue weighted by atomic mass is 10.1. The summed E-state index contributed by atoms with van der Waals surface area (Å²) in [5.74, 6) is 0.294. The Labute approximate surface area is 120 Å². The van der Waals surface area contributed by atoms with Gasteiger partial charge in [-0.3, -0.25) is 4.79 Å². The van der Waals surface area contributed by atoms with Gasteiger partial charge in [0.2, 0.25) is 5.91 Å². The Morgan fingerprint density at radius 3 is 2.45 bits per heavy atom.